The molecule has 276 valence electrons. The molecule has 1 unspecified atom stereocenters. The summed E-state index contributed by atoms with van der Waals surface area (Å²) < 4.78 is 0. The number of rotatable bonds is 14. The van der Waals surface area contributed by atoms with Crippen LogP contribution in [-0.2, 0) is 30.5 Å². The molecule has 1 saturated heterocycles. The van der Waals surface area contributed by atoms with Crippen molar-refractivity contribution in [1.29, 1.82) is 0 Å². The molecule has 2 saturated carbocycles. The molecule has 1 aromatic rings. The Morgan fingerprint density at radius 1 is 0.920 bits per heavy atom. The summed E-state index contributed by atoms with van der Waals surface area (Å²) in [6, 6.07) is 7.10. The largest absolute Gasteiger partial charge is 0.350 e. The lowest BCUT2D eigenvalue weighted by molar-refractivity contribution is -0.144. The van der Waals surface area contributed by atoms with Gasteiger partial charge in [0.05, 0.1) is 6.54 Å². The van der Waals surface area contributed by atoms with Crippen LogP contribution in [0.5, 0.6) is 0 Å². The van der Waals surface area contributed by atoms with Crippen LogP contribution in [-0.4, -0.2) is 81.7 Å². The SMILES string of the molecule is CC(C)[C@H]1CCN(C(=O)[C@@H](NC(=O)NC2(C)CCCCC2)C(C)(C)C)[C@@H]1C(=O)NC(SC1CC1)C(=O)C(=O)NCC(=O)NCc1ccccc1. The number of hydrogen-bond donors (Lipinski definition) is 5. The number of carbonyl (C=O) groups excluding carboxylic acids is 6. The Morgan fingerprint density at radius 3 is 2.18 bits per heavy atom. The Bertz CT molecular complexity index is 1390. The van der Waals surface area contributed by atoms with Gasteiger partial charge in [-0.25, -0.2) is 4.79 Å². The van der Waals surface area contributed by atoms with Crippen LogP contribution in [0.1, 0.15) is 98.5 Å². The van der Waals surface area contributed by atoms with Crippen LogP contribution in [0.15, 0.2) is 30.3 Å². The average Bonchev–Trinajstić information content (AvgIpc) is 3.77. The summed E-state index contributed by atoms with van der Waals surface area (Å²) in [7, 11) is 0. The molecule has 0 spiro atoms. The van der Waals surface area contributed by atoms with E-state index in [1.165, 1.54) is 11.8 Å². The van der Waals surface area contributed by atoms with Crippen LogP contribution in [0.25, 0.3) is 0 Å². The van der Waals surface area contributed by atoms with Gasteiger partial charge in [0.25, 0.3) is 11.7 Å². The molecule has 2 aliphatic carbocycles. The van der Waals surface area contributed by atoms with Crippen LogP contribution in [0.2, 0.25) is 0 Å². The van der Waals surface area contributed by atoms with Gasteiger partial charge < -0.3 is 31.5 Å². The highest BCUT2D eigenvalue weighted by Gasteiger charge is 2.48. The van der Waals surface area contributed by atoms with Gasteiger partial charge in [0.2, 0.25) is 17.7 Å². The van der Waals surface area contributed by atoms with Crippen molar-refractivity contribution in [3.63, 3.8) is 0 Å². The lowest BCUT2D eigenvalue weighted by Crippen LogP contribution is -2.62. The Kier molecular flexibility index (Phi) is 13.4. The number of nitrogens with zero attached hydrogens (tertiary/aromatic N) is 1. The Morgan fingerprint density at radius 2 is 1.58 bits per heavy atom. The lowest BCUT2D eigenvalue weighted by atomic mass is 9.83. The fraction of sp³-hybridized carbons (Fsp3) is 0.676. The van der Waals surface area contributed by atoms with Crippen LogP contribution in [0.3, 0.4) is 0 Å². The topological polar surface area (TPSA) is 166 Å². The minimum absolute atomic E-state index is 0.0436. The molecule has 0 bridgehead atoms. The zero-order chi connectivity index (χ0) is 36.6. The molecule has 6 amide bonds. The molecule has 1 aliphatic heterocycles. The summed E-state index contributed by atoms with van der Waals surface area (Å²) in [4.78, 5) is 82.1. The van der Waals surface area contributed by atoms with E-state index >= 15 is 0 Å². The van der Waals surface area contributed by atoms with Gasteiger partial charge >= 0.3 is 6.03 Å². The number of benzene rings is 1. The first kappa shape index (κ1) is 39.2. The highest BCUT2D eigenvalue weighted by atomic mass is 32.2. The average molecular weight is 713 g/mol. The van der Waals surface area contributed by atoms with Gasteiger partial charge in [-0.2, -0.15) is 0 Å². The fourth-order valence-corrected chi connectivity index (χ4v) is 8.02. The van der Waals surface area contributed by atoms with Gasteiger partial charge in [-0.3, -0.25) is 24.0 Å². The molecule has 0 aromatic heterocycles. The van der Waals surface area contributed by atoms with Crippen LogP contribution < -0.4 is 26.6 Å². The van der Waals surface area contributed by atoms with E-state index in [4.69, 9.17) is 0 Å². The van der Waals surface area contributed by atoms with E-state index < -0.39 is 52.4 Å². The van der Waals surface area contributed by atoms with Crippen molar-refractivity contribution in [2.75, 3.05) is 13.1 Å². The molecule has 5 N–H and O–H groups in total. The number of carbonyl (C=O) groups is 6. The van der Waals surface area contributed by atoms with Crippen molar-refractivity contribution in [2.45, 2.75) is 128 Å². The molecule has 1 heterocycles. The first-order chi connectivity index (χ1) is 23.6. The van der Waals surface area contributed by atoms with Crippen LogP contribution in [0, 0.1) is 17.3 Å². The predicted octanol–water partition coefficient (Wildman–Crippen LogP) is 3.64. The van der Waals surface area contributed by atoms with Gasteiger partial charge in [-0.05, 0) is 61.8 Å². The first-order valence-electron chi connectivity index (χ1n) is 18.1. The number of ketones is 1. The predicted molar refractivity (Wildman–Crippen MR) is 194 cm³/mol. The molecule has 3 aliphatic rings. The van der Waals surface area contributed by atoms with Crippen LogP contribution in [0.4, 0.5) is 4.79 Å². The second-order valence-electron chi connectivity index (χ2n) is 15.7. The van der Waals surface area contributed by atoms with E-state index in [-0.39, 0.29) is 41.6 Å². The fourth-order valence-electron chi connectivity index (χ4n) is 6.81. The molecular formula is C37H56N6O6S. The molecule has 1 aromatic carbocycles. The molecule has 50 heavy (non-hydrogen) atoms. The minimum atomic E-state index is -1.17. The van der Waals surface area contributed by atoms with Gasteiger partial charge in [-0.1, -0.05) is 84.2 Å². The minimum Gasteiger partial charge on any atom is -0.350 e. The molecule has 3 fully saturated rings. The summed E-state index contributed by atoms with van der Waals surface area (Å²) in [5.41, 5.74) is -0.108. The van der Waals surface area contributed by atoms with Gasteiger partial charge in [-0.15, -0.1) is 11.8 Å². The highest BCUT2D eigenvalue weighted by molar-refractivity contribution is 8.01. The van der Waals surface area contributed by atoms with Crippen molar-refractivity contribution < 1.29 is 28.8 Å². The van der Waals surface area contributed by atoms with Crippen molar-refractivity contribution in [2.24, 2.45) is 17.3 Å². The van der Waals surface area contributed by atoms with E-state index in [1.807, 2.05) is 71.9 Å². The van der Waals surface area contributed by atoms with Gasteiger partial charge in [0.1, 0.15) is 17.5 Å². The first-order valence-corrected chi connectivity index (χ1v) is 19.0. The third-order valence-electron chi connectivity index (χ3n) is 9.94. The normalized spacial score (nSPS) is 21.5. The zero-order valence-corrected chi connectivity index (χ0v) is 31.3. The third kappa shape index (κ3) is 10.9. The Hall–Kier alpha value is -3.61. The van der Waals surface area contributed by atoms with E-state index in [0.717, 1.165) is 50.5 Å². The molecular weight excluding hydrogens is 657 g/mol. The standard InChI is InChI=1S/C37H56N6O6S/c1-23(2)26-17-20-43(34(48)30(36(3,4)5)40-35(49)42-37(6)18-11-8-12-19-37)28(26)31(46)41-33(50-25-15-16-25)29(45)32(47)39-22-27(44)38-21-24-13-9-7-10-14-24/h7,9-10,13-14,23,25-26,28,30,33H,8,11-12,15-22H2,1-6H3,(H,38,44)(H,39,47)(H,41,46)(H2,40,42,49)/t26-,28+,30-,33?/m1/s1. The van der Waals surface area contributed by atoms with E-state index in [1.54, 1.807) is 4.90 Å². The maximum atomic E-state index is 14.3. The molecule has 4 rings (SSSR count). The quantitative estimate of drug-likeness (QED) is 0.145. The molecule has 0 radical (unpaired) electrons. The Balaban J connectivity index is 1.43. The maximum absolute atomic E-state index is 14.3. The van der Waals surface area contributed by atoms with E-state index in [2.05, 4.69) is 26.6 Å². The number of thioether (sulfide) groups is 1. The summed E-state index contributed by atoms with van der Waals surface area (Å²) in [5.74, 6) is -3.30. The number of amides is 6. The lowest BCUT2D eigenvalue weighted by Gasteiger charge is -2.39. The number of nitrogens with one attached hydrogen (secondary N) is 5. The summed E-state index contributed by atoms with van der Waals surface area (Å²) in [6.07, 6.45) is 7.25. The van der Waals surface area contributed by atoms with Crippen molar-refractivity contribution in [1.82, 2.24) is 31.5 Å². The number of likely N-dealkylation sites (tertiary alicyclic amines) is 1. The number of hydrogen-bond acceptors (Lipinski definition) is 7. The van der Waals surface area contributed by atoms with Gasteiger partial charge in [0, 0.05) is 23.9 Å². The van der Waals surface area contributed by atoms with E-state index in [9.17, 15) is 28.8 Å². The van der Waals surface area contributed by atoms with Crippen molar-refractivity contribution in [3.8, 4) is 0 Å². The highest BCUT2D eigenvalue weighted by Crippen LogP contribution is 2.38. The molecule has 12 nitrogen and oxygen atoms in total. The number of Topliss-reactive ketones (excluding diaryl/α,β-unsaturated/α-hetero) is 1. The second-order valence-corrected chi connectivity index (χ2v) is 17.1. The maximum Gasteiger partial charge on any atom is 0.315 e. The molecule has 4 atom stereocenters. The van der Waals surface area contributed by atoms with Crippen molar-refractivity contribution in [3.05, 3.63) is 35.9 Å². The smallest absolute Gasteiger partial charge is 0.315 e. The summed E-state index contributed by atoms with van der Waals surface area (Å²) in [5, 5.41) is 12.9. The third-order valence-corrected chi connectivity index (χ3v) is 11.4. The monoisotopic (exact) mass is 712 g/mol. The van der Waals surface area contributed by atoms with Crippen LogP contribution >= 0.6 is 11.8 Å². The second kappa shape index (κ2) is 17.1. The summed E-state index contributed by atoms with van der Waals surface area (Å²) >= 11 is 1.22. The summed E-state index contributed by atoms with van der Waals surface area (Å²) in [6.45, 7) is 11.9. The zero-order valence-electron chi connectivity index (χ0n) is 30.4. The van der Waals surface area contributed by atoms with E-state index in [0.29, 0.717) is 13.0 Å². The molecule has 13 heteroatoms. The van der Waals surface area contributed by atoms with Crippen molar-refractivity contribution >= 4 is 47.2 Å². The number of urea groups is 1. The van der Waals surface area contributed by atoms with Gasteiger partial charge in [0.15, 0.2) is 0 Å². The Labute approximate surface area is 300 Å².